The molecule has 3 rings (SSSR count). The number of likely N-dealkylation sites (tertiary alicyclic amines) is 1. The van der Waals surface area contributed by atoms with Crippen molar-refractivity contribution in [3.63, 3.8) is 0 Å². The standard InChI is InChI=1S/C20H30N2O3/c1-16(20(24)22-12-14-25-15-13-22)21-10-8-18(9-11-21)3-2-17-4-6-19(23)7-5-17/h4-7,16,18,23H,2-3,8-15H2,1H3/t16-/m0/s1. The fraction of sp³-hybridized carbons (Fsp3) is 0.650. The molecule has 1 atom stereocenters. The molecule has 0 unspecified atom stereocenters. The maximum absolute atomic E-state index is 12.6. The minimum absolute atomic E-state index is 0.0175. The molecular formula is C20H30N2O3. The maximum Gasteiger partial charge on any atom is 0.239 e. The number of rotatable bonds is 5. The Kier molecular flexibility index (Phi) is 6.32. The van der Waals surface area contributed by atoms with Gasteiger partial charge in [-0.05, 0) is 69.3 Å². The molecule has 0 radical (unpaired) electrons. The summed E-state index contributed by atoms with van der Waals surface area (Å²) in [4.78, 5) is 16.9. The van der Waals surface area contributed by atoms with Gasteiger partial charge in [0.1, 0.15) is 5.75 Å². The Morgan fingerprint density at radius 3 is 2.44 bits per heavy atom. The molecule has 25 heavy (non-hydrogen) atoms. The lowest BCUT2D eigenvalue weighted by atomic mass is 9.90. The van der Waals surface area contributed by atoms with E-state index in [1.165, 1.54) is 24.8 Å². The smallest absolute Gasteiger partial charge is 0.239 e. The van der Waals surface area contributed by atoms with Crippen LogP contribution in [-0.2, 0) is 16.0 Å². The zero-order valence-electron chi connectivity index (χ0n) is 15.2. The number of ether oxygens (including phenoxy) is 1. The van der Waals surface area contributed by atoms with Crippen LogP contribution < -0.4 is 0 Å². The first-order valence-corrected chi connectivity index (χ1v) is 9.52. The van der Waals surface area contributed by atoms with Crippen LogP contribution in [0.4, 0.5) is 0 Å². The third-order valence-corrected chi connectivity index (χ3v) is 5.65. The van der Waals surface area contributed by atoms with Crippen LogP contribution in [0.5, 0.6) is 5.75 Å². The number of aromatic hydroxyl groups is 1. The van der Waals surface area contributed by atoms with Gasteiger partial charge < -0.3 is 14.7 Å². The van der Waals surface area contributed by atoms with Crippen LogP contribution in [0.2, 0.25) is 0 Å². The van der Waals surface area contributed by atoms with E-state index in [1.54, 1.807) is 12.1 Å². The van der Waals surface area contributed by atoms with E-state index >= 15 is 0 Å². The zero-order valence-corrected chi connectivity index (χ0v) is 15.2. The van der Waals surface area contributed by atoms with Gasteiger partial charge in [-0.25, -0.2) is 0 Å². The number of phenols is 1. The van der Waals surface area contributed by atoms with Gasteiger partial charge in [0, 0.05) is 13.1 Å². The summed E-state index contributed by atoms with van der Waals surface area (Å²) in [6.45, 7) is 6.86. The third kappa shape index (κ3) is 4.95. The van der Waals surface area contributed by atoms with Gasteiger partial charge in [-0.15, -0.1) is 0 Å². The maximum atomic E-state index is 12.6. The molecule has 0 aromatic heterocycles. The number of morpholine rings is 1. The van der Waals surface area contributed by atoms with Crippen molar-refractivity contribution >= 4 is 5.91 Å². The Morgan fingerprint density at radius 1 is 1.16 bits per heavy atom. The second-order valence-corrected chi connectivity index (χ2v) is 7.30. The number of hydrogen-bond donors (Lipinski definition) is 1. The molecule has 1 N–H and O–H groups in total. The zero-order chi connectivity index (χ0) is 17.6. The summed E-state index contributed by atoms with van der Waals surface area (Å²) < 4.78 is 5.34. The summed E-state index contributed by atoms with van der Waals surface area (Å²) in [5, 5.41) is 9.35. The summed E-state index contributed by atoms with van der Waals surface area (Å²) in [5.41, 5.74) is 1.29. The number of carbonyl (C=O) groups excluding carboxylic acids is 1. The lowest BCUT2D eigenvalue weighted by molar-refractivity contribution is -0.141. The van der Waals surface area contributed by atoms with Crippen LogP contribution in [0.15, 0.2) is 24.3 Å². The second kappa shape index (κ2) is 8.68. The first-order chi connectivity index (χ1) is 12.1. The van der Waals surface area contributed by atoms with Crippen molar-refractivity contribution in [1.82, 2.24) is 9.80 Å². The summed E-state index contributed by atoms with van der Waals surface area (Å²) >= 11 is 0. The molecule has 1 aromatic rings. The molecule has 5 heteroatoms. The van der Waals surface area contributed by atoms with Crippen LogP contribution in [0.25, 0.3) is 0 Å². The normalized spacial score (nSPS) is 21.2. The molecule has 2 aliphatic rings. The number of aryl methyl sites for hydroxylation is 1. The first-order valence-electron chi connectivity index (χ1n) is 9.52. The summed E-state index contributed by atoms with van der Waals surface area (Å²) in [7, 11) is 0. The van der Waals surface area contributed by atoms with Gasteiger partial charge in [0.05, 0.1) is 19.3 Å². The van der Waals surface area contributed by atoms with Crippen LogP contribution in [-0.4, -0.2) is 66.2 Å². The van der Waals surface area contributed by atoms with Gasteiger partial charge in [0.15, 0.2) is 0 Å². The molecule has 0 aliphatic carbocycles. The van der Waals surface area contributed by atoms with E-state index in [0.717, 1.165) is 38.5 Å². The van der Waals surface area contributed by atoms with E-state index in [0.29, 0.717) is 19.0 Å². The van der Waals surface area contributed by atoms with E-state index in [2.05, 4.69) is 11.8 Å². The highest BCUT2D eigenvalue weighted by atomic mass is 16.5. The molecule has 1 amide bonds. The molecule has 0 bridgehead atoms. The van der Waals surface area contributed by atoms with Gasteiger partial charge in [-0.3, -0.25) is 9.69 Å². The molecule has 1 aromatic carbocycles. The molecule has 0 spiro atoms. The van der Waals surface area contributed by atoms with Crippen molar-refractivity contribution in [2.45, 2.75) is 38.6 Å². The molecule has 2 heterocycles. The topological polar surface area (TPSA) is 53.0 Å². The predicted octanol–water partition coefficient (Wildman–Crippen LogP) is 2.28. The van der Waals surface area contributed by atoms with Crippen molar-refractivity contribution in [2.75, 3.05) is 39.4 Å². The Bertz CT molecular complexity index is 547. The number of nitrogens with zero attached hydrogens (tertiary/aromatic N) is 2. The monoisotopic (exact) mass is 346 g/mol. The minimum Gasteiger partial charge on any atom is -0.508 e. The third-order valence-electron chi connectivity index (χ3n) is 5.65. The number of phenolic OH excluding ortho intramolecular Hbond substituents is 1. The molecular weight excluding hydrogens is 316 g/mol. The fourth-order valence-electron chi connectivity index (χ4n) is 3.87. The Hall–Kier alpha value is -1.59. The van der Waals surface area contributed by atoms with E-state index in [1.807, 2.05) is 17.0 Å². The second-order valence-electron chi connectivity index (χ2n) is 7.30. The summed E-state index contributed by atoms with van der Waals surface area (Å²) in [6, 6.07) is 7.52. The van der Waals surface area contributed by atoms with E-state index in [4.69, 9.17) is 4.74 Å². The summed E-state index contributed by atoms with van der Waals surface area (Å²) in [6.07, 6.45) is 4.58. The number of hydrogen-bond acceptors (Lipinski definition) is 4. The number of carbonyl (C=O) groups is 1. The Balaban J connectivity index is 1.41. The highest BCUT2D eigenvalue weighted by Gasteiger charge is 2.29. The number of piperidine rings is 1. The molecule has 138 valence electrons. The molecule has 2 fully saturated rings. The van der Waals surface area contributed by atoms with Crippen molar-refractivity contribution < 1.29 is 14.6 Å². The van der Waals surface area contributed by atoms with Gasteiger partial charge >= 0.3 is 0 Å². The highest BCUT2D eigenvalue weighted by Crippen LogP contribution is 2.24. The van der Waals surface area contributed by atoms with E-state index in [9.17, 15) is 9.90 Å². The van der Waals surface area contributed by atoms with Crippen LogP contribution in [0, 0.1) is 5.92 Å². The van der Waals surface area contributed by atoms with Crippen molar-refractivity contribution in [3.8, 4) is 5.75 Å². The molecule has 5 nitrogen and oxygen atoms in total. The largest absolute Gasteiger partial charge is 0.508 e. The van der Waals surface area contributed by atoms with Gasteiger partial charge in [-0.1, -0.05) is 12.1 Å². The predicted molar refractivity (Wildman–Crippen MR) is 97.6 cm³/mol. The van der Waals surface area contributed by atoms with Gasteiger partial charge in [-0.2, -0.15) is 0 Å². The average Bonchev–Trinajstić information content (AvgIpc) is 2.67. The van der Waals surface area contributed by atoms with E-state index < -0.39 is 0 Å². The Morgan fingerprint density at radius 2 is 1.80 bits per heavy atom. The SMILES string of the molecule is C[C@@H](C(=O)N1CCOCC1)N1CCC(CCc2ccc(O)cc2)CC1. The van der Waals surface area contributed by atoms with Crippen molar-refractivity contribution in [1.29, 1.82) is 0 Å². The number of benzene rings is 1. The minimum atomic E-state index is -0.0175. The lowest BCUT2D eigenvalue weighted by Gasteiger charge is -2.38. The van der Waals surface area contributed by atoms with Gasteiger partial charge in [0.2, 0.25) is 5.91 Å². The van der Waals surface area contributed by atoms with E-state index in [-0.39, 0.29) is 11.9 Å². The van der Waals surface area contributed by atoms with Crippen LogP contribution in [0.3, 0.4) is 0 Å². The van der Waals surface area contributed by atoms with Crippen molar-refractivity contribution in [2.24, 2.45) is 5.92 Å². The highest BCUT2D eigenvalue weighted by molar-refractivity contribution is 5.81. The lowest BCUT2D eigenvalue weighted by Crippen LogP contribution is -2.52. The first kappa shape index (κ1) is 18.2. The Labute approximate surface area is 150 Å². The quantitative estimate of drug-likeness (QED) is 0.889. The molecule has 0 saturated carbocycles. The number of amides is 1. The van der Waals surface area contributed by atoms with Crippen LogP contribution >= 0.6 is 0 Å². The fourth-order valence-corrected chi connectivity index (χ4v) is 3.87. The molecule has 2 aliphatic heterocycles. The average molecular weight is 346 g/mol. The van der Waals surface area contributed by atoms with Gasteiger partial charge in [0.25, 0.3) is 0 Å². The summed E-state index contributed by atoms with van der Waals surface area (Å²) in [5.74, 6) is 1.32. The molecule has 2 saturated heterocycles. The van der Waals surface area contributed by atoms with Crippen molar-refractivity contribution in [3.05, 3.63) is 29.8 Å². The van der Waals surface area contributed by atoms with Crippen LogP contribution in [0.1, 0.15) is 31.7 Å².